The van der Waals surface area contributed by atoms with Crippen molar-refractivity contribution in [1.82, 2.24) is 10.6 Å². The zero-order valence-electron chi connectivity index (χ0n) is 12.2. The van der Waals surface area contributed by atoms with Gasteiger partial charge in [0.05, 0.1) is 12.1 Å². The van der Waals surface area contributed by atoms with Crippen LogP contribution in [0.15, 0.2) is 0 Å². The average Bonchev–Trinajstić information content (AvgIpc) is 2.39. The monoisotopic (exact) mass is 272 g/mol. The highest BCUT2D eigenvalue weighted by Crippen LogP contribution is 2.31. The molecule has 1 aliphatic rings. The van der Waals surface area contributed by atoms with Crippen molar-refractivity contribution in [3.63, 3.8) is 0 Å². The lowest BCUT2D eigenvalue weighted by atomic mass is 9.79. The summed E-state index contributed by atoms with van der Waals surface area (Å²) in [6.07, 6.45) is 4.63. The maximum atomic E-state index is 11.5. The van der Waals surface area contributed by atoms with E-state index in [0.29, 0.717) is 25.6 Å². The lowest BCUT2D eigenvalue weighted by Gasteiger charge is -2.35. The minimum absolute atomic E-state index is 0.0242. The number of hydrogen-bond acceptors (Lipinski definition) is 4. The molecule has 0 aliphatic heterocycles. The zero-order chi connectivity index (χ0) is 14.1. The Morgan fingerprint density at radius 1 is 1.42 bits per heavy atom. The number of carbonyl (C=O) groups excluding carboxylic acids is 1. The number of hydrogen-bond donors (Lipinski definition) is 3. The number of ether oxygens (including phenoxy) is 1. The number of amides is 1. The van der Waals surface area contributed by atoms with Gasteiger partial charge in [-0.1, -0.05) is 6.92 Å². The second kappa shape index (κ2) is 8.51. The first-order valence-electron chi connectivity index (χ1n) is 7.24. The molecule has 1 fully saturated rings. The third-order valence-electron chi connectivity index (χ3n) is 3.79. The van der Waals surface area contributed by atoms with E-state index in [1.54, 1.807) is 7.11 Å². The number of carbonyl (C=O) groups is 1. The van der Waals surface area contributed by atoms with Crippen LogP contribution >= 0.6 is 0 Å². The third kappa shape index (κ3) is 6.89. The summed E-state index contributed by atoms with van der Waals surface area (Å²) >= 11 is 0. The molecular weight excluding hydrogens is 244 g/mol. The van der Waals surface area contributed by atoms with Crippen molar-refractivity contribution in [3.05, 3.63) is 0 Å². The maximum absolute atomic E-state index is 11.5. The Hall–Kier alpha value is -0.650. The fourth-order valence-electron chi connectivity index (χ4n) is 2.39. The Morgan fingerprint density at radius 2 is 2.11 bits per heavy atom. The Bertz CT molecular complexity index is 263. The first-order chi connectivity index (χ1) is 9.06. The van der Waals surface area contributed by atoms with E-state index in [2.05, 4.69) is 17.6 Å². The molecule has 1 amide bonds. The number of aliphatic hydroxyl groups is 1. The van der Waals surface area contributed by atoms with Gasteiger partial charge in [0.15, 0.2) is 0 Å². The molecule has 0 aromatic carbocycles. The van der Waals surface area contributed by atoms with Gasteiger partial charge in [0.25, 0.3) is 0 Å². The fourth-order valence-corrected chi connectivity index (χ4v) is 2.39. The summed E-state index contributed by atoms with van der Waals surface area (Å²) in [6.45, 7) is 4.29. The summed E-state index contributed by atoms with van der Waals surface area (Å²) in [5.74, 6) is 0.688. The van der Waals surface area contributed by atoms with Crippen molar-refractivity contribution in [1.29, 1.82) is 0 Å². The molecule has 1 aliphatic carbocycles. The Balaban J connectivity index is 2.07. The SMILES string of the molecule is COCCCNC(=O)CNCC1(O)CCC(C)CC1. The van der Waals surface area contributed by atoms with Gasteiger partial charge in [-0.15, -0.1) is 0 Å². The molecule has 19 heavy (non-hydrogen) atoms. The summed E-state index contributed by atoms with van der Waals surface area (Å²) in [5.41, 5.74) is -0.622. The summed E-state index contributed by atoms with van der Waals surface area (Å²) in [4.78, 5) is 11.5. The predicted molar refractivity (Wildman–Crippen MR) is 75.0 cm³/mol. The molecule has 0 bridgehead atoms. The van der Waals surface area contributed by atoms with Crippen molar-refractivity contribution in [3.8, 4) is 0 Å². The summed E-state index contributed by atoms with van der Waals surface area (Å²) < 4.78 is 4.91. The van der Waals surface area contributed by atoms with Gasteiger partial charge in [-0.2, -0.15) is 0 Å². The van der Waals surface area contributed by atoms with E-state index in [0.717, 1.165) is 32.1 Å². The average molecular weight is 272 g/mol. The normalized spacial score (nSPS) is 27.2. The minimum Gasteiger partial charge on any atom is -0.389 e. The third-order valence-corrected chi connectivity index (χ3v) is 3.79. The van der Waals surface area contributed by atoms with Crippen LogP contribution in [0.5, 0.6) is 0 Å². The summed E-state index contributed by atoms with van der Waals surface area (Å²) in [5, 5.41) is 16.2. The van der Waals surface area contributed by atoms with Crippen molar-refractivity contribution in [2.24, 2.45) is 5.92 Å². The smallest absolute Gasteiger partial charge is 0.233 e. The van der Waals surface area contributed by atoms with Crippen LogP contribution in [-0.2, 0) is 9.53 Å². The van der Waals surface area contributed by atoms with E-state index in [4.69, 9.17) is 4.74 Å². The van der Waals surface area contributed by atoms with Gasteiger partial charge in [-0.05, 0) is 38.0 Å². The van der Waals surface area contributed by atoms with Gasteiger partial charge >= 0.3 is 0 Å². The molecule has 5 heteroatoms. The van der Waals surface area contributed by atoms with E-state index in [9.17, 15) is 9.90 Å². The van der Waals surface area contributed by atoms with Crippen LogP contribution in [0.3, 0.4) is 0 Å². The van der Waals surface area contributed by atoms with Gasteiger partial charge in [0, 0.05) is 26.8 Å². The number of nitrogens with one attached hydrogen (secondary N) is 2. The number of methoxy groups -OCH3 is 1. The van der Waals surface area contributed by atoms with Gasteiger partial charge in [-0.25, -0.2) is 0 Å². The van der Waals surface area contributed by atoms with Gasteiger partial charge in [0.1, 0.15) is 0 Å². The lowest BCUT2D eigenvalue weighted by molar-refractivity contribution is -0.120. The number of rotatable bonds is 8. The van der Waals surface area contributed by atoms with E-state index in [-0.39, 0.29) is 12.5 Å². The Morgan fingerprint density at radius 3 is 2.74 bits per heavy atom. The second-order valence-electron chi connectivity index (χ2n) is 5.71. The van der Waals surface area contributed by atoms with Crippen molar-refractivity contribution in [2.45, 2.75) is 44.6 Å². The van der Waals surface area contributed by atoms with Crippen LogP contribution < -0.4 is 10.6 Å². The van der Waals surface area contributed by atoms with Crippen LogP contribution in [0, 0.1) is 5.92 Å². The van der Waals surface area contributed by atoms with Crippen molar-refractivity contribution < 1.29 is 14.6 Å². The highest BCUT2D eigenvalue weighted by atomic mass is 16.5. The molecule has 0 unspecified atom stereocenters. The highest BCUT2D eigenvalue weighted by Gasteiger charge is 2.31. The molecule has 1 rings (SSSR count). The molecule has 0 atom stereocenters. The Kier molecular flexibility index (Phi) is 7.34. The van der Waals surface area contributed by atoms with Crippen LogP contribution in [0.25, 0.3) is 0 Å². The highest BCUT2D eigenvalue weighted by molar-refractivity contribution is 5.77. The first-order valence-corrected chi connectivity index (χ1v) is 7.24. The lowest BCUT2D eigenvalue weighted by Crippen LogP contribution is -2.46. The van der Waals surface area contributed by atoms with Gasteiger partial charge in [0.2, 0.25) is 5.91 Å². The summed E-state index contributed by atoms with van der Waals surface area (Å²) in [7, 11) is 1.65. The van der Waals surface area contributed by atoms with Crippen molar-refractivity contribution >= 4 is 5.91 Å². The molecular formula is C14H28N2O3. The fraction of sp³-hybridized carbons (Fsp3) is 0.929. The van der Waals surface area contributed by atoms with E-state index < -0.39 is 5.60 Å². The molecule has 0 heterocycles. The maximum Gasteiger partial charge on any atom is 0.233 e. The molecule has 0 spiro atoms. The second-order valence-corrected chi connectivity index (χ2v) is 5.71. The van der Waals surface area contributed by atoms with Crippen molar-refractivity contribution in [2.75, 3.05) is 33.4 Å². The Labute approximate surface area is 116 Å². The molecule has 0 aromatic heterocycles. The predicted octanol–water partition coefficient (Wildman–Crippen LogP) is 0.670. The quantitative estimate of drug-likeness (QED) is 0.568. The zero-order valence-corrected chi connectivity index (χ0v) is 12.2. The van der Waals surface area contributed by atoms with Gasteiger partial charge in [-0.3, -0.25) is 4.79 Å². The van der Waals surface area contributed by atoms with Crippen LogP contribution in [0.2, 0.25) is 0 Å². The standard InChI is InChI=1S/C14H28N2O3/c1-12-4-6-14(18,7-5-12)11-15-10-13(17)16-8-3-9-19-2/h12,15,18H,3-11H2,1-2H3,(H,16,17). The molecule has 0 saturated heterocycles. The molecule has 0 radical (unpaired) electrons. The largest absolute Gasteiger partial charge is 0.389 e. The first kappa shape index (κ1) is 16.4. The molecule has 5 nitrogen and oxygen atoms in total. The molecule has 0 aromatic rings. The summed E-state index contributed by atoms with van der Waals surface area (Å²) in [6, 6.07) is 0. The molecule has 1 saturated carbocycles. The van der Waals surface area contributed by atoms with E-state index >= 15 is 0 Å². The van der Waals surface area contributed by atoms with E-state index in [1.807, 2.05) is 0 Å². The van der Waals surface area contributed by atoms with Crippen LogP contribution in [0.1, 0.15) is 39.0 Å². The van der Waals surface area contributed by atoms with Gasteiger partial charge < -0.3 is 20.5 Å². The van der Waals surface area contributed by atoms with Crippen LogP contribution in [-0.4, -0.2) is 50.0 Å². The minimum atomic E-state index is -0.622. The molecule has 112 valence electrons. The topological polar surface area (TPSA) is 70.6 Å². The van der Waals surface area contributed by atoms with E-state index in [1.165, 1.54) is 0 Å². The molecule has 3 N–H and O–H groups in total. The van der Waals surface area contributed by atoms with Crippen LogP contribution in [0.4, 0.5) is 0 Å².